The molecule has 2 rings (SSSR count). The summed E-state index contributed by atoms with van der Waals surface area (Å²) in [7, 11) is 0. The molecule has 0 aromatic heterocycles. The van der Waals surface area contributed by atoms with Crippen molar-refractivity contribution in [2.75, 3.05) is 19.7 Å². The Morgan fingerprint density at radius 2 is 2.05 bits per heavy atom. The summed E-state index contributed by atoms with van der Waals surface area (Å²) in [5, 5.41) is 9.75. The second-order valence-electron chi connectivity index (χ2n) is 5.88. The molecule has 1 N–H and O–H groups in total. The molecule has 1 aromatic carbocycles. The second-order valence-corrected chi connectivity index (χ2v) is 5.88. The fourth-order valence-electron chi connectivity index (χ4n) is 3.02. The monoisotopic (exact) mass is 291 g/mol. The molecule has 0 spiro atoms. The number of rotatable bonds is 6. The molecule has 1 aromatic rings. The number of carbonyl (C=O) groups is 1. The van der Waals surface area contributed by atoms with Crippen LogP contribution >= 0.6 is 0 Å². The van der Waals surface area contributed by atoms with Gasteiger partial charge in [-0.25, -0.2) is 0 Å². The molecule has 0 aliphatic carbocycles. The van der Waals surface area contributed by atoms with Gasteiger partial charge >= 0.3 is 5.97 Å². The highest BCUT2D eigenvalue weighted by molar-refractivity contribution is 5.78. The highest BCUT2D eigenvalue weighted by atomic mass is 16.5. The molecule has 116 valence electrons. The number of hydrogen-bond donors (Lipinski definition) is 1. The highest BCUT2D eigenvalue weighted by Crippen LogP contribution is 2.27. The molecule has 4 nitrogen and oxygen atoms in total. The van der Waals surface area contributed by atoms with Crippen molar-refractivity contribution in [3.8, 4) is 5.75 Å². The first kappa shape index (κ1) is 15.8. The second kappa shape index (κ2) is 6.94. The SMILES string of the molecule is CCOc1cccc(CC(C)(C(=O)O)N2CCCCC2)c1. The summed E-state index contributed by atoms with van der Waals surface area (Å²) in [6, 6.07) is 7.77. The van der Waals surface area contributed by atoms with Crippen LogP contribution in [0.15, 0.2) is 24.3 Å². The Labute approximate surface area is 126 Å². The Hall–Kier alpha value is -1.55. The van der Waals surface area contributed by atoms with Gasteiger partial charge in [0.15, 0.2) is 0 Å². The topological polar surface area (TPSA) is 49.8 Å². The Morgan fingerprint density at radius 1 is 1.33 bits per heavy atom. The zero-order valence-corrected chi connectivity index (χ0v) is 13.0. The number of aliphatic carboxylic acids is 1. The van der Waals surface area contributed by atoms with Crippen LogP contribution in [0.25, 0.3) is 0 Å². The number of likely N-dealkylation sites (tertiary alicyclic amines) is 1. The van der Waals surface area contributed by atoms with Gasteiger partial charge in [0.2, 0.25) is 0 Å². The summed E-state index contributed by atoms with van der Waals surface area (Å²) in [6.45, 7) is 6.14. The van der Waals surface area contributed by atoms with Crippen LogP contribution in [0.4, 0.5) is 0 Å². The number of carboxylic acids is 1. The zero-order chi connectivity index (χ0) is 15.3. The lowest BCUT2D eigenvalue weighted by Gasteiger charge is -2.40. The van der Waals surface area contributed by atoms with Gasteiger partial charge in [0.05, 0.1) is 6.61 Å². The molecule has 1 unspecified atom stereocenters. The molecule has 1 aliphatic rings. The summed E-state index contributed by atoms with van der Waals surface area (Å²) in [6.07, 6.45) is 3.87. The summed E-state index contributed by atoms with van der Waals surface area (Å²) >= 11 is 0. The lowest BCUT2D eigenvalue weighted by atomic mass is 9.89. The number of piperidine rings is 1. The summed E-state index contributed by atoms with van der Waals surface area (Å²) in [5.74, 6) is 0.0626. The Balaban J connectivity index is 2.18. The molecule has 1 heterocycles. The first-order valence-electron chi connectivity index (χ1n) is 7.76. The van der Waals surface area contributed by atoms with Crippen LogP contribution in [-0.2, 0) is 11.2 Å². The van der Waals surface area contributed by atoms with Gasteiger partial charge in [0.1, 0.15) is 11.3 Å². The van der Waals surface area contributed by atoms with Gasteiger partial charge in [-0.2, -0.15) is 0 Å². The standard InChI is InChI=1S/C17H25NO3/c1-3-21-15-9-7-8-14(12-15)13-17(2,16(19)20)18-10-5-4-6-11-18/h7-9,12H,3-6,10-11,13H2,1-2H3,(H,19,20). The summed E-state index contributed by atoms with van der Waals surface area (Å²) < 4.78 is 5.51. The van der Waals surface area contributed by atoms with Gasteiger partial charge < -0.3 is 9.84 Å². The minimum absolute atomic E-state index is 0.503. The number of benzene rings is 1. The lowest BCUT2D eigenvalue weighted by molar-refractivity contribution is -0.151. The largest absolute Gasteiger partial charge is 0.494 e. The van der Waals surface area contributed by atoms with E-state index in [-0.39, 0.29) is 0 Å². The number of nitrogens with zero attached hydrogens (tertiary/aromatic N) is 1. The minimum atomic E-state index is -0.842. The smallest absolute Gasteiger partial charge is 0.324 e. The molecule has 1 fully saturated rings. The first-order valence-corrected chi connectivity index (χ1v) is 7.76. The van der Waals surface area contributed by atoms with Gasteiger partial charge in [0, 0.05) is 6.42 Å². The Kier molecular flexibility index (Phi) is 5.23. The maximum Gasteiger partial charge on any atom is 0.324 e. The summed E-state index contributed by atoms with van der Waals surface area (Å²) in [5.41, 5.74) is 0.169. The van der Waals surface area contributed by atoms with Gasteiger partial charge in [-0.1, -0.05) is 18.6 Å². The third-order valence-electron chi connectivity index (χ3n) is 4.27. The Bertz CT molecular complexity index is 483. The van der Waals surface area contributed by atoms with Crippen molar-refractivity contribution in [2.24, 2.45) is 0 Å². The zero-order valence-electron chi connectivity index (χ0n) is 13.0. The van der Waals surface area contributed by atoms with Crippen LogP contribution in [0.3, 0.4) is 0 Å². The van der Waals surface area contributed by atoms with Crippen LogP contribution in [0, 0.1) is 0 Å². The maximum absolute atomic E-state index is 11.9. The molecular formula is C17H25NO3. The van der Waals surface area contributed by atoms with E-state index in [0.29, 0.717) is 13.0 Å². The van der Waals surface area contributed by atoms with E-state index in [1.807, 2.05) is 38.1 Å². The Morgan fingerprint density at radius 3 is 2.67 bits per heavy atom. The van der Waals surface area contributed by atoms with Crippen molar-refractivity contribution in [3.05, 3.63) is 29.8 Å². The highest BCUT2D eigenvalue weighted by Gasteiger charge is 2.40. The first-order chi connectivity index (χ1) is 10.1. The summed E-state index contributed by atoms with van der Waals surface area (Å²) in [4.78, 5) is 14.0. The van der Waals surface area contributed by atoms with E-state index in [4.69, 9.17) is 4.74 Å². The van der Waals surface area contributed by atoms with Crippen molar-refractivity contribution in [2.45, 2.75) is 45.1 Å². The average molecular weight is 291 g/mol. The lowest BCUT2D eigenvalue weighted by Crippen LogP contribution is -2.55. The molecule has 0 saturated carbocycles. The van der Waals surface area contributed by atoms with E-state index in [1.165, 1.54) is 6.42 Å². The van der Waals surface area contributed by atoms with Gasteiger partial charge in [-0.3, -0.25) is 9.69 Å². The average Bonchev–Trinajstić information content (AvgIpc) is 2.48. The van der Waals surface area contributed by atoms with Crippen LogP contribution in [-0.4, -0.2) is 41.2 Å². The van der Waals surface area contributed by atoms with Crippen LogP contribution in [0.2, 0.25) is 0 Å². The van der Waals surface area contributed by atoms with E-state index in [9.17, 15) is 9.90 Å². The van der Waals surface area contributed by atoms with E-state index in [1.54, 1.807) is 0 Å². The third-order valence-corrected chi connectivity index (χ3v) is 4.27. The van der Waals surface area contributed by atoms with Crippen molar-refractivity contribution in [1.29, 1.82) is 0 Å². The molecule has 21 heavy (non-hydrogen) atoms. The molecule has 0 bridgehead atoms. The molecule has 4 heteroatoms. The third kappa shape index (κ3) is 3.76. The molecule has 0 amide bonds. The van der Waals surface area contributed by atoms with Crippen molar-refractivity contribution in [3.63, 3.8) is 0 Å². The predicted octanol–water partition coefficient (Wildman–Crippen LogP) is 2.96. The predicted molar refractivity (Wildman–Crippen MR) is 82.8 cm³/mol. The van der Waals surface area contributed by atoms with Gasteiger partial charge in [0.25, 0.3) is 0 Å². The molecule has 0 radical (unpaired) electrons. The van der Waals surface area contributed by atoms with Gasteiger partial charge in [-0.15, -0.1) is 0 Å². The van der Waals surface area contributed by atoms with Crippen LogP contribution in [0.5, 0.6) is 5.75 Å². The minimum Gasteiger partial charge on any atom is -0.494 e. The molecule has 1 saturated heterocycles. The van der Waals surface area contributed by atoms with E-state index >= 15 is 0 Å². The molecular weight excluding hydrogens is 266 g/mol. The van der Waals surface area contributed by atoms with E-state index < -0.39 is 11.5 Å². The normalized spacial score (nSPS) is 19.0. The fraction of sp³-hybridized carbons (Fsp3) is 0.588. The van der Waals surface area contributed by atoms with Crippen LogP contribution in [0.1, 0.15) is 38.7 Å². The van der Waals surface area contributed by atoms with E-state index in [2.05, 4.69) is 4.90 Å². The molecule has 1 atom stereocenters. The maximum atomic E-state index is 11.9. The fourth-order valence-corrected chi connectivity index (χ4v) is 3.02. The van der Waals surface area contributed by atoms with Crippen LogP contribution < -0.4 is 4.74 Å². The van der Waals surface area contributed by atoms with Crippen molar-refractivity contribution >= 4 is 5.97 Å². The molecule has 1 aliphatic heterocycles. The van der Waals surface area contributed by atoms with Crippen molar-refractivity contribution < 1.29 is 14.6 Å². The van der Waals surface area contributed by atoms with Crippen molar-refractivity contribution in [1.82, 2.24) is 4.90 Å². The number of hydrogen-bond acceptors (Lipinski definition) is 3. The number of ether oxygens (including phenoxy) is 1. The number of carboxylic acid groups (broad SMARTS) is 1. The van der Waals surface area contributed by atoms with E-state index in [0.717, 1.165) is 37.2 Å². The quantitative estimate of drug-likeness (QED) is 0.875. The van der Waals surface area contributed by atoms with Gasteiger partial charge in [-0.05, 0) is 57.5 Å².